The van der Waals surface area contributed by atoms with Gasteiger partial charge in [-0.25, -0.2) is 0 Å². The number of nitrogens with one attached hydrogen (secondary N) is 1. The number of hydrogen-bond acceptors (Lipinski definition) is 4. The predicted octanol–water partition coefficient (Wildman–Crippen LogP) is 3.59. The van der Waals surface area contributed by atoms with Gasteiger partial charge in [-0.05, 0) is 42.8 Å². The van der Waals surface area contributed by atoms with E-state index in [0.717, 1.165) is 5.56 Å². The first-order chi connectivity index (χ1) is 11.1. The number of nitrogens with zero attached hydrogens (tertiary/aromatic N) is 2. The van der Waals surface area contributed by atoms with Crippen molar-refractivity contribution in [3.8, 4) is 6.07 Å². The molecule has 0 bridgehead atoms. The van der Waals surface area contributed by atoms with Crippen LogP contribution in [0, 0.1) is 11.3 Å². The number of halogens is 1. The van der Waals surface area contributed by atoms with Crippen LogP contribution in [0.1, 0.15) is 18.1 Å². The second kappa shape index (κ2) is 7.97. The number of oxime groups is 1. The Morgan fingerprint density at radius 3 is 2.78 bits per heavy atom. The number of carbonyl (C=O) groups is 1. The fourth-order valence-electron chi connectivity index (χ4n) is 1.69. The number of amides is 1. The van der Waals surface area contributed by atoms with Gasteiger partial charge in [-0.2, -0.15) is 5.26 Å². The smallest absolute Gasteiger partial charge is 0.267 e. The summed E-state index contributed by atoms with van der Waals surface area (Å²) in [6, 6.07) is 15.7. The number of carbonyl (C=O) groups excluding carboxylic acids is 1. The van der Waals surface area contributed by atoms with Crippen molar-refractivity contribution in [1.82, 2.24) is 0 Å². The maximum atomic E-state index is 12.0. The van der Waals surface area contributed by atoms with Crippen LogP contribution in [-0.2, 0) is 9.63 Å². The molecule has 1 atom stereocenters. The van der Waals surface area contributed by atoms with Crippen molar-refractivity contribution in [2.75, 3.05) is 5.32 Å². The lowest BCUT2D eigenvalue weighted by Gasteiger charge is -2.10. The molecular formula is C17H14ClN3O2. The summed E-state index contributed by atoms with van der Waals surface area (Å²) < 4.78 is 0. The van der Waals surface area contributed by atoms with Gasteiger partial charge in [0, 0.05) is 10.7 Å². The zero-order valence-corrected chi connectivity index (χ0v) is 13.1. The molecule has 2 rings (SSSR count). The van der Waals surface area contributed by atoms with Crippen LogP contribution in [0.15, 0.2) is 53.7 Å². The molecule has 0 fully saturated rings. The summed E-state index contributed by atoms with van der Waals surface area (Å²) in [5, 5.41) is 15.9. The SMILES string of the molecule is C[C@@H](O/N=C\c1ccc(Cl)cc1)C(=O)Nc1cccc(C#N)c1. The highest BCUT2D eigenvalue weighted by molar-refractivity contribution is 6.30. The van der Waals surface area contributed by atoms with Gasteiger partial charge >= 0.3 is 0 Å². The van der Waals surface area contributed by atoms with E-state index >= 15 is 0 Å². The lowest BCUT2D eigenvalue weighted by Crippen LogP contribution is -2.26. The molecule has 5 nitrogen and oxygen atoms in total. The van der Waals surface area contributed by atoms with Crippen LogP contribution in [0.2, 0.25) is 5.02 Å². The van der Waals surface area contributed by atoms with Crippen LogP contribution in [0.5, 0.6) is 0 Å². The van der Waals surface area contributed by atoms with E-state index in [-0.39, 0.29) is 5.91 Å². The number of nitriles is 1. The first-order valence-electron chi connectivity index (χ1n) is 6.84. The van der Waals surface area contributed by atoms with Crippen molar-refractivity contribution in [2.45, 2.75) is 13.0 Å². The fourth-order valence-corrected chi connectivity index (χ4v) is 1.82. The predicted molar refractivity (Wildman–Crippen MR) is 89.4 cm³/mol. The molecule has 0 heterocycles. The normalized spacial score (nSPS) is 11.7. The van der Waals surface area contributed by atoms with Crippen LogP contribution in [0.25, 0.3) is 0 Å². The molecular weight excluding hydrogens is 314 g/mol. The van der Waals surface area contributed by atoms with E-state index in [1.54, 1.807) is 55.5 Å². The average molecular weight is 328 g/mol. The molecule has 2 aromatic rings. The Morgan fingerprint density at radius 2 is 2.09 bits per heavy atom. The highest BCUT2D eigenvalue weighted by atomic mass is 35.5. The third-order valence-corrected chi connectivity index (χ3v) is 3.17. The van der Waals surface area contributed by atoms with Gasteiger partial charge in [0.1, 0.15) is 0 Å². The molecule has 23 heavy (non-hydrogen) atoms. The molecule has 1 N–H and O–H groups in total. The number of anilines is 1. The lowest BCUT2D eigenvalue weighted by molar-refractivity contribution is -0.126. The summed E-state index contributed by atoms with van der Waals surface area (Å²) >= 11 is 5.79. The van der Waals surface area contributed by atoms with Gasteiger partial charge in [-0.1, -0.05) is 35.0 Å². The molecule has 0 saturated heterocycles. The molecule has 2 aromatic carbocycles. The van der Waals surface area contributed by atoms with E-state index < -0.39 is 6.10 Å². The minimum absolute atomic E-state index is 0.353. The van der Waals surface area contributed by atoms with E-state index in [1.165, 1.54) is 6.21 Å². The third kappa shape index (κ3) is 5.13. The Kier molecular flexibility index (Phi) is 5.73. The Labute approximate surface area is 139 Å². The monoisotopic (exact) mass is 327 g/mol. The average Bonchev–Trinajstić information content (AvgIpc) is 2.56. The molecule has 0 saturated carbocycles. The molecule has 0 aliphatic carbocycles. The van der Waals surface area contributed by atoms with E-state index in [1.807, 2.05) is 6.07 Å². The van der Waals surface area contributed by atoms with Gasteiger partial charge in [0.2, 0.25) is 6.10 Å². The Morgan fingerprint density at radius 1 is 1.35 bits per heavy atom. The number of benzene rings is 2. The van der Waals surface area contributed by atoms with Crippen molar-refractivity contribution < 1.29 is 9.63 Å². The maximum absolute atomic E-state index is 12.0. The summed E-state index contributed by atoms with van der Waals surface area (Å²) in [4.78, 5) is 17.1. The Balaban J connectivity index is 1.89. The zero-order chi connectivity index (χ0) is 16.7. The highest BCUT2D eigenvalue weighted by Crippen LogP contribution is 2.11. The molecule has 0 radical (unpaired) electrons. The molecule has 116 valence electrons. The summed E-state index contributed by atoms with van der Waals surface area (Å²) in [5.41, 5.74) is 1.81. The van der Waals surface area contributed by atoms with Gasteiger partial charge in [0.25, 0.3) is 5.91 Å². The van der Waals surface area contributed by atoms with Crippen molar-refractivity contribution in [2.24, 2.45) is 5.16 Å². The van der Waals surface area contributed by atoms with Crippen LogP contribution in [0.4, 0.5) is 5.69 Å². The summed E-state index contributed by atoms with van der Waals surface area (Å²) in [7, 11) is 0. The fraction of sp³-hybridized carbons (Fsp3) is 0.118. The van der Waals surface area contributed by atoms with Crippen LogP contribution >= 0.6 is 11.6 Å². The minimum atomic E-state index is -0.774. The van der Waals surface area contributed by atoms with Crippen molar-refractivity contribution in [3.63, 3.8) is 0 Å². The molecule has 0 unspecified atom stereocenters. The van der Waals surface area contributed by atoms with Crippen molar-refractivity contribution in [1.29, 1.82) is 5.26 Å². The van der Waals surface area contributed by atoms with Crippen molar-refractivity contribution >= 4 is 29.4 Å². The lowest BCUT2D eigenvalue weighted by atomic mass is 10.2. The van der Waals surface area contributed by atoms with Gasteiger partial charge < -0.3 is 10.2 Å². The molecule has 0 aliphatic heterocycles. The van der Waals surface area contributed by atoms with Crippen LogP contribution < -0.4 is 5.32 Å². The van der Waals surface area contributed by atoms with E-state index in [2.05, 4.69) is 10.5 Å². The Hall–Kier alpha value is -2.84. The zero-order valence-electron chi connectivity index (χ0n) is 12.4. The Bertz CT molecular complexity index is 751. The highest BCUT2D eigenvalue weighted by Gasteiger charge is 2.14. The number of rotatable bonds is 5. The second-order valence-corrected chi connectivity index (χ2v) is 5.15. The molecule has 0 aliphatic rings. The number of hydrogen-bond donors (Lipinski definition) is 1. The summed E-state index contributed by atoms with van der Waals surface area (Å²) in [6.07, 6.45) is 0.723. The topological polar surface area (TPSA) is 74.5 Å². The largest absolute Gasteiger partial charge is 0.383 e. The maximum Gasteiger partial charge on any atom is 0.267 e. The first kappa shape index (κ1) is 16.5. The quantitative estimate of drug-likeness (QED) is 0.673. The molecule has 0 aromatic heterocycles. The summed E-state index contributed by atoms with van der Waals surface area (Å²) in [5.74, 6) is -0.353. The minimum Gasteiger partial charge on any atom is -0.383 e. The van der Waals surface area contributed by atoms with Gasteiger partial charge in [-0.15, -0.1) is 0 Å². The van der Waals surface area contributed by atoms with E-state index in [0.29, 0.717) is 16.3 Å². The molecule has 1 amide bonds. The second-order valence-electron chi connectivity index (χ2n) is 4.72. The summed E-state index contributed by atoms with van der Waals surface area (Å²) in [6.45, 7) is 1.59. The third-order valence-electron chi connectivity index (χ3n) is 2.92. The van der Waals surface area contributed by atoms with E-state index in [4.69, 9.17) is 21.7 Å². The molecule has 6 heteroatoms. The van der Waals surface area contributed by atoms with E-state index in [9.17, 15) is 4.79 Å². The molecule has 0 spiro atoms. The van der Waals surface area contributed by atoms with Crippen LogP contribution in [-0.4, -0.2) is 18.2 Å². The van der Waals surface area contributed by atoms with Gasteiger partial charge in [0.05, 0.1) is 17.8 Å². The van der Waals surface area contributed by atoms with Gasteiger partial charge in [-0.3, -0.25) is 4.79 Å². The van der Waals surface area contributed by atoms with Gasteiger partial charge in [0.15, 0.2) is 0 Å². The van der Waals surface area contributed by atoms with Crippen LogP contribution in [0.3, 0.4) is 0 Å². The van der Waals surface area contributed by atoms with Crippen molar-refractivity contribution in [3.05, 3.63) is 64.7 Å². The first-order valence-corrected chi connectivity index (χ1v) is 7.22. The standard InChI is InChI=1S/C17H14ClN3O2/c1-12(23-20-11-13-5-7-15(18)8-6-13)17(22)21-16-4-2-3-14(9-16)10-19/h2-9,11-12H,1H3,(H,21,22)/b20-11-/t12-/m1/s1.